The molecule has 4 aromatic rings. The predicted octanol–water partition coefficient (Wildman–Crippen LogP) is 5.59. The topological polar surface area (TPSA) is 100 Å². The molecule has 5 rings (SSSR count). The zero-order chi connectivity index (χ0) is 28.4. The second-order valence-corrected chi connectivity index (χ2v) is 10.7. The highest BCUT2D eigenvalue weighted by molar-refractivity contribution is 7.09. The summed E-state index contributed by atoms with van der Waals surface area (Å²) in [6.45, 7) is 3.50. The molecule has 1 aliphatic rings. The Hall–Kier alpha value is -4.03. The first-order valence-electron chi connectivity index (χ1n) is 12.6. The molecule has 3 aromatic heterocycles. The van der Waals surface area contributed by atoms with Gasteiger partial charge in [-0.05, 0) is 49.7 Å². The van der Waals surface area contributed by atoms with E-state index in [9.17, 15) is 22.8 Å². The normalized spacial score (nSPS) is 17.8. The number of thiazole rings is 1. The number of aryl methyl sites for hydroxylation is 1. The van der Waals surface area contributed by atoms with E-state index in [2.05, 4.69) is 20.3 Å². The van der Waals surface area contributed by atoms with Crippen molar-refractivity contribution in [3.63, 3.8) is 0 Å². The molecule has 2 N–H and O–H groups in total. The van der Waals surface area contributed by atoms with Gasteiger partial charge in [0.2, 0.25) is 11.5 Å². The van der Waals surface area contributed by atoms with Crippen molar-refractivity contribution in [1.29, 1.82) is 0 Å². The van der Waals surface area contributed by atoms with Crippen LogP contribution in [0.15, 0.2) is 65.0 Å². The number of pyridine rings is 2. The first-order valence-corrected chi connectivity index (χ1v) is 13.4. The zero-order valence-electron chi connectivity index (χ0n) is 21.7. The van der Waals surface area contributed by atoms with E-state index in [1.165, 1.54) is 60.1 Å². The van der Waals surface area contributed by atoms with E-state index in [1.54, 1.807) is 17.9 Å². The monoisotopic (exact) mass is 569 g/mol. The number of alkyl halides is 2. The second-order valence-electron chi connectivity index (χ2n) is 9.59. The number of nitrogens with one attached hydrogen (secondary N) is 2. The van der Waals surface area contributed by atoms with Crippen LogP contribution in [0.2, 0.25) is 0 Å². The standard InChI is InChI=1S/C28H26F3N5O3S/c1-16(36-10-9-28(30,31)21(14-36)19-4-8-26(37)33-12-19)27(38)35-25-7-5-20(13-32-25)39-24-6-3-18(11-22(24)29)23-15-40-17(2)34-23/h3-8,11-13,15-16,21H,9-10,14H2,1-2H3,(H,33,37)(H,32,35,38)/t16?,21-/m1/s1. The van der Waals surface area contributed by atoms with Gasteiger partial charge in [-0.2, -0.15) is 0 Å². The summed E-state index contributed by atoms with van der Waals surface area (Å²) in [5, 5.41) is 5.43. The van der Waals surface area contributed by atoms with Crippen LogP contribution in [0, 0.1) is 12.7 Å². The summed E-state index contributed by atoms with van der Waals surface area (Å²) in [5.41, 5.74) is 1.26. The first-order chi connectivity index (χ1) is 19.1. The van der Waals surface area contributed by atoms with Crippen molar-refractivity contribution < 1.29 is 22.7 Å². The summed E-state index contributed by atoms with van der Waals surface area (Å²) >= 11 is 1.48. The van der Waals surface area contributed by atoms with E-state index in [-0.39, 0.29) is 36.0 Å². The van der Waals surface area contributed by atoms with Crippen molar-refractivity contribution in [2.24, 2.45) is 0 Å². The number of hydrogen-bond acceptors (Lipinski definition) is 7. The van der Waals surface area contributed by atoms with Gasteiger partial charge in [-0.15, -0.1) is 11.3 Å². The molecule has 0 bridgehead atoms. The number of aromatic amines is 1. The summed E-state index contributed by atoms with van der Waals surface area (Å²) < 4.78 is 49.7. The molecule has 4 heterocycles. The van der Waals surface area contributed by atoms with Gasteiger partial charge in [0.15, 0.2) is 11.6 Å². The van der Waals surface area contributed by atoms with Crippen LogP contribution in [0.3, 0.4) is 0 Å². The minimum absolute atomic E-state index is 0.0156. The summed E-state index contributed by atoms with van der Waals surface area (Å²) in [4.78, 5) is 36.9. The number of rotatable bonds is 7. The number of likely N-dealkylation sites (tertiary alicyclic amines) is 1. The van der Waals surface area contributed by atoms with E-state index >= 15 is 0 Å². The molecule has 0 radical (unpaired) electrons. The van der Waals surface area contributed by atoms with Crippen molar-refractivity contribution in [3.8, 4) is 22.8 Å². The number of ether oxygens (including phenoxy) is 1. The van der Waals surface area contributed by atoms with Crippen LogP contribution >= 0.6 is 11.3 Å². The molecule has 1 fully saturated rings. The van der Waals surface area contributed by atoms with Crippen molar-refractivity contribution in [3.05, 3.63) is 87.0 Å². The number of benzene rings is 1. The summed E-state index contributed by atoms with van der Waals surface area (Å²) in [7, 11) is 0. The van der Waals surface area contributed by atoms with Gasteiger partial charge in [0.1, 0.15) is 11.6 Å². The van der Waals surface area contributed by atoms with Crippen LogP contribution < -0.4 is 15.6 Å². The predicted molar refractivity (Wildman–Crippen MR) is 146 cm³/mol. The Kier molecular flexibility index (Phi) is 7.72. The third-order valence-electron chi connectivity index (χ3n) is 6.86. The van der Waals surface area contributed by atoms with E-state index in [4.69, 9.17) is 4.74 Å². The maximum atomic E-state index is 14.7. The quantitative estimate of drug-likeness (QED) is 0.301. The minimum atomic E-state index is -2.97. The maximum Gasteiger partial charge on any atom is 0.257 e. The molecule has 1 aromatic carbocycles. The lowest BCUT2D eigenvalue weighted by molar-refractivity contribution is -0.125. The average molecular weight is 570 g/mol. The number of piperidine rings is 1. The molecule has 1 aliphatic heterocycles. The van der Waals surface area contributed by atoms with Crippen LogP contribution in [0.1, 0.15) is 29.8 Å². The molecule has 0 aliphatic carbocycles. The van der Waals surface area contributed by atoms with Crippen LogP contribution in [-0.2, 0) is 4.79 Å². The number of hydrogen-bond donors (Lipinski definition) is 2. The fraction of sp³-hybridized carbons (Fsp3) is 0.286. The fourth-order valence-corrected chi connectivity index (χ4v) is 5.17. The maximum absolute atomic E-state index is 14.7. The van der Waals surface area contributed by atoms with Crippen LogP contribution in [-0.4, -0.2) is 50.8 Å². The summed E-state index contributed by atoms with van der Waals surface area (Å²) in [5.74, 6) is -4.58. The van der Waals surface area contributed by atoms with E-state index in [0.29, 0.717) is 16.8 Å². The summed E-state index contributed by atoms with van der Waals surface area (Å²) in [6, 6.07) is 9.52. The Morgan fingerprint density at radius 2 is 2.08 bits per heavy atom. The largest absolute Gasteiger partial charge is 0.453 e. The second kappa shape index (κ2) is 11.2. The SMILES string of the molecule is Cc1nc(-c2ccc(Oc3ccc(NC(=O)C(C)N4CCC(F)(F)[C@@H](c5ccc(=O)[nH]c5)C4)nc3)c(F)c2)cs1. The van der Waals surface area contributed by atoms with Gasteiger partial charge in [-0.3, -0.25) is 14.5 Å². The highest BCUT2D eigenvalue weighted by Gasteiger charge is 2.46. The number of aromatic nitrogens is 3. The fourth-order valence-electron chi connectivity index (χ4n) is 4.54. The number of amides is 1. The van der Waals surface area contributed by atoms with Gasteiger partial charge < -0.3 is 15.0 Å². The molecule has 1 amide bonds. The minimum Gasteiger partial charge on any atom is -0.453 e. The highest BCUT2D eigenvalue weighted by atomic mass is 32.1. The van der Waals surface area contributed by atoms with Gasteiger partial charge in [-0.1, -0.05) is 6.07 Å². The van der Waals surface area contributed by atoms with Crippen LogP contribution in [0.25, 0.3) is 11.3 Å². The van der Waals surface area contributed by atoms with Crippen LogP contribution in [0.4, 0.5) is 19.0 Å². The Morgan fingerprint density at radius 1 is 1.25 bits per heavy atom. The number of carbonyl (C=O) groups is 1. The molecule has 1 unspecified atom stereocenters. The molecular formula is C28H26F3N5O3S. The number of carbonyl (C=O) groups excluding carboxylic acids is 1. The molecule has 0 saturated carbocycles. The van der Waals surface area contributed by atoms with Crippen molar-refractivity contribution in [2.45, 2.75) is 38.2 Å². The Bertz CT molecular complexity index is 1550. The number of H-pyrrole nitrogens is 1. The summed E-state index contributed by atoms with van der Waals surface area (Å²) in [6.07, 6.45) is 2.23. The Balaban J connectivity index is 1.20. The number of nitrogens with zero attached hydrogens (tertiary/aromatic N) is 3. The molecule has 0 spiro atoms. The van der Waals surface area contributed by atoms with Crippen molar-refractivity contribution in [1.82, 2.24) is 19.9 Å². The first kappa shape index (κ1) is 27.5. The smallest absolute Gasteiger partial charge is 0.257 e. The third-order valence-corrected chi connectivity index (χ3v) is 7.63. The Labute approximate surface area is 231 Å². The number of halogens is 3. The lowest BCUT2D eigenvalue weighted by Crippen LogP contribution is -2.52. The molecule has 208 valence electrons. The lowest BCUT2D eigenvalue weighted by atomic mass is 9.87. The molecule has 40 heavy (non-hydrogen) atoms. The highest BCUT2D eigenvalue weighted by Crippen LogP contribution is 2.40. The molecule has 12 heteroatoms. The van der Waals surface area contributed by atoms with Crippen molar-refractivity contribution in [2.75, 3.05) is 18.4 Å². The lowest BCUT2D eigenvalue weighted by Gasteiger charge is -2.40. The molecular weight excluding hydrogens is 543 g/mol. The van der Waals surface area contributed by atoms with Gasteiger partial charge in [0, 0.05) is 42.7 Å². The van der Waals surface area contributed by atoms with E-state index in [1.807, 2.05) is 12.3 Å². The van der Waals surface area contributed by atoms with Gasteiger partial charge in [0.25, 0.3) is 5.92 Å². The Morgan fingerprint density at radius 3 is 2.73 bits per heavy atom. The molecule has 2 atom stereocenters. The van der Waals surface area contributed by atoms with Crippen LogP contribution in [0.5, 0.6) is 11.5 Å². The molecule has 8 nitrogen and oxygen atoms in total. The van der Waals surface area contributed by atoms with E-state index < -0.39 is 36.0 Å². The zero-order valence-corrected chi connectivity index (χ0v) is 22.5. The van der Waals surface area contributed by atoms with Gasteiger partial charge in [0.05, 0.1) is 28.9 Å². The van der Waals surface area contributed by atoms with Gasteiger partial charge in [-0.25, -0.2) is 23.1 Å². The third kappa shape index (κ3) is 6.07. The van der Waals surface area contributed by atoms with E-state index in [0.717, 1.165) is 5.01 Å². The molecule has 1 saturated heterocycles. The number of anilines is 1. The average Bonchev–Trinajstić information content (AvgIpc) is 3.37. The van der Waals surface area contributed by atoms with Crippen molar-refractivity contribution >= 4 is 23.1 Å². The van der Waals surface area contributed by atoms with Gasteiger partial charge >= 0.3 is 0 Å².